The molecule has 0 atom stereocenters. The van der Waals surface area contributed by atoms with Crippen molar-refractivity contribution in [2.45, 2.75) is 19.3 Å². The van der Waals surface area contributed by atoms with Gasteiger partial charge in [-0.3, -0.25) is 0 Å². The number of benzene rings is 9. The molecule has 2 heteroatoms. The Morgan fingerprint density at radius 2 is 0.818 bits per heavy atom. The summed E-state index contributed by atoms with van der Waals surface area (Å²) in [6.45, 7) is 2.94. The van der Waals surface area contributed by atoms with Crippen LogP contribution in [-0.4, -0.2) is 0 Å². The van der Waals surface area contributed by atoms with Crippen LogP contribution in [0.15, 0.2) is 205 Å². The maximum atomic E-state index is 10.2. The smallest absolute Gasteiger partial charge is 0.0667 e. The molecule has 9 aromatic rings. The highest BCUT2D eigenvalue weighted by molar-refractivity contribution is 6.11. The second kappa shape index (κ2) is 13.2. The van der Waals surface area contributed by atoms with Gasteiger partial charge in [-0.25, -0.2) is 0 Å². The Bertz CT molecular complexity index is 4710. The number of rotatable bonds is 7. The van der Waals surface area contributed by atoms with Gasteiger partial charge < -0.3 is 9.80 Å². The van der Waals surface area contributed by atoms with Crippen molar-refractivity contribution >= 4 is 55.7 Å². The molecule has 10 rings (SSSR count). The van der Waals surface area contributed by atoms with Crippen molar-refractivity contribution in [1.29, 1.82) is 0 Å². The minimum absolute atomic E-state index is 0.0760. The Hall–Kier alpha value is -6.90. The van der Waals surface area contributed by atoms with Crippen LogP contribution in [0.5, 0.6) is 0 Å². The molecule has 55 heavy (non-hydrogen) atoms. The molecule has 0 aromatic heterocycles. The third kappa shape index (κ3) is 5.66. The minimum Gasteiger partial charge on any atom is -0.310 e. The Labute approximate surface area is 371 Å². The van der Waals surface area contributed by atoms with Crippen molar-refractivity contribution < 1.29 is 46.6 Å². The Balaban J connectivity index is 1.43. The molecule has 0 fully saturated rings. The molecule has 0 saturated heterocycles. The van der Waals surface area contributed by atoms with Crippen LogP contribution in [0.3, 0.4) is 0 Å². The number of hydrogen-bond acceptors (Lipinski definition) is 2. The summed E-state index contributed by atoms with van der Waals surface area (Å²) >= 11 is 0. The quantitative estimate of drug-likeness (QED) is 0.150. The largest absolute Gasteiger partial charge is 0.310 e. The van der Waals surface area contributed by atoms with Crippen LogP contribution >= 0.6 is 0 Å². The number of para-hydroxylation sites is 2. The molecule has 1 aliphatic carbocycles. The zero-order valence-electron chi connectivity index (χ0n) is 62.4. The molecule has 0 radical (unpaired) electrons. The fourth-order valence-electron chi connectivity index (χ4n) is 6.29. The number of hydrogen-bond donors (Lipinski definition) is 0. The first kappa shape index (κ1) is 12.9. The van der Waals surface area contributed by atoms with E-state index in [0.717, 1.165) is 0 Å². The Kier molecular flexibility index (Phi) is 3.08. The highest BCUT2D eigenvalue weighted by atomic mass is 15.2. The minimum atomic E-state index is -1.61. The summed E-state index contributed by atoms with van der Waals surface area (Å²) in [4.78, 5) is 0.519. The van der Waals surface area contributed by atoms with Crippen LogP contribution in [-0.2, 0) is 5.41 Å². The van der Waals surface area contributed by atoms with Gasteiger partial charge in [0.1, 0.15) is 0 Å². The van der Waals surface area contributed by atoms with E-state index in [1.54, 1.807) is 0 Å². The summed E-state index contributed by atoms with van der Waals surface area (Å²) in [5, 5.41) is -2.69. The average Bonchev–Trinajstić information content (AvgIpc) is 1.64. The van der Waals surface area contributed by atoms with Gasteiger partial charge in [-0.1, -0.05) is 141 Å². The molecule has 0 amide bonds. The lowest BCUT2D eigenvalue weighted by Gasteiger charge is -2.29. The zero-order chi connectivity index (χ0) is 66.5. The second-order valence-corrected chi connectivity index (χ2v) is 12.4. The van der Waals surface area contributed by atoms with Crippen molar-refractivity contribution in [3.8, 4) is 22.3 Å². The fourth-order valence-corrected chi connectivity index (χ4v) is 6.29. The first-order valence-electron chi connectivity index (χ1n) is 33.3. The van der Waals surface area contributed by atoms with E-state index in [0.29, 0.717) is 0 Å². The van der Waals surface area contributed by atoms with Crippen LogP contribution in [0.1, 0.15) is 71.6 Å². The first-order valence-corrected chi connectivity index (χ1v) is 16.3. The second-order valence-electron chi connectivity index (χ2n) is 12.4. The molecule has 0 unspecified atom stereocenters. The first-order chi connectivity index (χ1) is 41.2. The van der Waals surface area contributed by atoms with E-state index in [1.165, 1.54) is 13.8 Å². The van der Waals surface area contributed by atoms with Crippen LogP contribution < -0.4 is 9.80 Å². The molecule has 0 saturated carbocycles. The summed E-state index contributed by atoms with van der Waals surface area (Å²) in [6, 6.07) is -36.8. The van der Waals surface area contributed by atoms with E-state index < -0.39 is 278 Å². The Morgan fingerprint density at radius 1 is 0.345 bits per heavy atom. The van der Waals surface area contributed by atoms with Gasteiger partial charge in [0, 0.05) is 39.5 Å². The van der Waals surface area contributed by atoms with Crippen LogP contribution in [0, 0.1) is 0 Å². The molecule has 0 spiro atoms. The van der Waals surface area contributed by atoms with E-state index in [2.05, 4.69) is 0 Å². The van der Waals surface area contributed by atoms with Crippen LogP contribution in [0.4, 0.5) is 34.1 Å². The lowest BCUT2D eigenvalue weighted by Crippen LogP contribution is -2.14. The summed E-state index contributed by atoms with van der Waals surface area (Å²) in [5.41, 5.74) is -11.6. The topological polar surface area (TPSA) is 6.48 Å². The lowest BCUT2D eigenvalue weighted by atomic mass is 9.81. The van der Waals surface area contributed by atoms with E-state index in [1.807, 2.05) is 0 Å². The Morgan fingerprint density at radius 3 is 1.51 bits per heavy atom. The maximum Gasteiger partial charge on any atom is 0.0667 e. The highest BCUT2D eigenvalue weighted by Crippen LogP contribution is 2.50. The molecular formula is C53H40N2. The SMILES string of the molecule is [2H]c1c([2H])c([2H])c(-c2c([2H])c([2H])c(N(c3c([2H])c([2H])c([2H])c([2H])c3[2H])c3c([2H])c([2H])c([2H])c(N(c4c([2H])c([2H])c([2H])c([2H])c4[2H])c4c([2H])c([2H])c5c([2H])c([2H])c6c([2H])c7c(c([2H])c6c5c4[2H])C(C)(C)c4c([2H])c([2H])c([2H])c([2H])c4-7)c3[2H])c([2H])c2[2H])c([2H])c1[2H]. The van der Waals surface area contributed by atoms with Gasteiger partial charge in [0.05, 0.1) is 46.6 Å². The molecule has 1 aliphatic rings. The van der Waals surface area contributed by atoms with Gasteiger partial charge in [0.2, 0.25) is 0 Å². The van der Waals surface area contributed by atoms with Crippen molar-refractivity contribution in [2.75, 3.05) is 9.80 Å². The summed E-state index contributed by atoms with van der Waals surface area (Å²) < 4.78 is 310. The molecule has 0 heterocycles. The number of anilines is 6. The predicted molar refractivity (Wildman–Crippen MR) is 234 cm³/mol. The average molecular weight is 739 g/mol. The summed E-state index contributed by atoms with van der Waals surface area (Å²) in [5.74, 6) is 0. The van der Waals surface area contributed by atoms with E-state index in [-0.39, 0.29) is 32.1 Å². The number of nitrogens with zero attached hydrogens (tertiary/aromatic N) is 2. The van der Waals surface area contributed by atoms with Crippen LogP contribution in [0.25, 0.3) is 43.8 Å². The van der Waals surface area contributed by atoms with Crippen LogP contribution in [0.2, 0.25) is 0 Å². The van der Waals surface area contributed by atoms with Gasteiger partial charge in [-0.2, -0.15) is 0 Å². The van der Waals surface area contributed by atoms with Gasteiger partial charge in [-0.15, -0.1) is 0 Å². The normalized spacial score (nSPS) is 21.3. The third-order valence-electron chi connectivity index (χ3n) is 8.82. The van der Waals surface area contributed by atoms with E-state index in [4.69, 9.17) is 20.6 Å². The monoisotopic (exact) mass is 739 g/mol. The molecule has 0 N–H and O–H groups in total. The summed E-state index contributed by atoms with van der Waals surface area (Å²) in [7, 11) is 0. The molecule has 0 bridgehead atoms. The van der Waals surface area contributed by atoms with Crippen molar-refractivity contribution in [3.63, 3.8) is 0 Å². The predicted octanol–water partition coefficient (Wildman–Crippen LogP) is 14.9. The molecular weight excluding hydrogens is 665 g/mol. The van der Waals surface area contributed by atoms with Gasteiger partial charge >= 0.3 is 0 Å². The lowest BCUT2D eigenvalue weighted by molar-refractivity contribution is 0.661. The number of fused-ring (bicyclic) bond motifs is 6. The van der Waals surface area contributed by atoms with E-state index >= 15 is 0 Å². The molecule has 9 aromatic carbocycles. The zero-order valence-corrected chi connectivity index (χ0v) is 28.4. The highest BCUT2D eigenvalue weighted by Gasteiger charge is 2.35. The maximum absolute atomic E-state index is 10.2. The van der Waals surface area contributed by atoms with E-state index in [9.17, 15) is 26.0 Å². The molecule has 2 nitrogen and oxygen atoms in total. The van der Waals surface area contributed by atoms with Crippen molar-refractivity contribution in [1.82, 2.24) is 0 Å². The van der Waals surface area contributed by atoms with Gasteiger partial charge in [-0.05, 0) is 133 Å². The summed E-state index contributed by atoms with van der Waals surface area (Å²) in [6.07, 6.45) is 0. The molecule has 262 valence electrons. The van der Waals surface area contributed by atoms with Gasteiger partial charge in [0.25, 0.3) is 0 Å². The standard InChI is InChI=1S/C53H40N2/c1-53(2)51-24-13-12-23-47(51)50-33-40-26-25-39-29-32-46(35-48(39)49(40)36-52(50)53)55(42-19-10-5-11-20-42)45-22-14-21-44(34-45)54(41-17-8-4-9-18-41)43-30-27-38(28-31-43)37-15-6-3-7-16-37/h3-36H,1-2H3/i3D,4D,5D,6D,7D,8D,9D,10D,11D,12D,13D,14D,15D,16D,17D,18D,19D,20D,21D,22D,23D,24D,25D,26D,27D,28D,29D,30D,31D,32D,33D,34D,35D,36D. The van der Waals surface area contributed by atoms with Gasteiger partial charge in [0.15, 0.2) is 0 Å². The van der Waals surface area contributed by atoms with Crippen molar-refractivity contribution in [3.05, 3.63) is 217 Å². The van der Waals surface area contributed by atoms with Crippen molar-refractivity contribution in [2.24, 2.45) is 0 Å². The molecule has 0 aliphatic heterocycles. The third-order valence-corrected chi connectivity index (χ3v) is 8.82. The fraction of sp³-hybridized carbons (Fsp3) is 0.0566.